The molecule has 0 fully saturated rings. The molecule has 28 heavy (non-hydrogen) atoms. The van der Waals surface area contributed by atoms with E-state index in [0.29, 0.717) is 0 Å². The van der Waals surface area contributed by atoms with Gasteiger partial charge in [-0.1, -0.05) is 29.3 Å². The van der Waals surface area contributed by atoms with Crippen LogP contribution in [0.2, 0.25) is 10.0 Å². The fourth-order valence-corrected chi connectivity index (χ4v) is 2.95. The number of hydrogen-bond acceptors (Lipinski definition) is 4. The summed E-state index contributed by atoms with van der Waals surface area (Å²) in [7, 11) is 0. The molecule has 0 spiro atoms. The molecule has 1 unspecified atom stereocenters. The Morgan fingerprint density at radius 3 is 2.75 bits per heavy atom. The second-order valence-corrected chi connectivity index (χ2v) is 6.82. The van der Waals surface area contributed by atoms with Crippen LogP contribution in [0, 0.1) is 0 Å². The van der Waals surface area contributed by atoms with Crippen LogP contribution >= 0.6 is 39.1 Å². The zero-order valence-corrected chi connectivity index (χ0v) is 16.6. The number of amides is 1. The predicted octanol–water partition coefficient (Wildman–Crippen LogP) is 6.19. The summed E-state index contributed by atoms with van der Waals surface area (Å²) in [5, 5.41) is 0.994. The number of rotatable bonds is 4. The average Bonchev–Trinajstić information content (AvgIpc) is 3.04. The van der Waals surface area contributed by atoms with E-state index in [0.717, 1.165) is 12.1 Å². The molecule has 2 N–H and O–H groups in total. The average molecular weight is 499 g/mol. The van der Waals surface area contributed by atoms with E-state index in [2.05, 4.69) is 25.9 Å². The summed E-state index contributed by atoms with van der Waals surface area (Å²) in [6.45, 7) is 0. The van der Waals surface area contributed by atoms with Crippen LogP contribution < -0.4 is 10.1 Å². The lowest BCUT2D eigenvalue weighted by molar-refractivity contribution is -0.136. The maximum Gasteiger partial charge on any atom is 0.418 e. The summed E-state index contributed by atoms with van der Waals surface area (Å²) >= 11 is 14.7. The lowest BCUT2D eigenvalue weighted by Crippen LogP contribution is -2.24. The van der Waals surface area contributed by atoms with E-state index in [-0.39, 0.29) is 26.8 Å². The maximum atomic E-state index is 13.3. The molecule has 0 aliphatic heterocycles. The molecule has 0 radical (unpaired) electrons. The highest BCUT2D eigenvalue weighted by atomic mass is 79.9. The number of aromatic amines is 1. The summed E-state index contributed by atoms with van der Waals surface area (Å²) in [4.78, 5) is 18.5. The van der Waals surface area contributed by atoms with Gasteiger partial charge in [-0.15, -0.1) is 0 Å². The number of carbonyl (C=O) groups excluding carboxylic acids is 1. The number of ether oxygens (including phenoxy) is 2. The van der Waals surface area contributed by atoms with Gasteiger partial charge in [-0.2, -0.15) is 13.2 Å². The second kappa shape index (κ2) is 8.06. The Kier molecular flexibility index (Phi) is 5.92. The number of fused-ring (bicyclic) bond motifs is 1. The third-order valence-electron chi connectivity index (χ3n) is 3.44. The molecular formula is C16H9BrCl2F3N3O3. The lowest BCUT2D eigenvalue weighted by atomic mass is 10.1. The minimum absolute atomic E-state index is 0.0842. The minimum atomic E-state index is -4.71. The Morgan fingerprint density at radius 2 is 2.04 bits per heavy atom. The number of H-pyrrole nitrogens is 1. The van der Waals surface area contributed by atoms with Crippen LogP contribution in [-0.4, -0.2) is 21.3 Å². The largest absolute Gasteiger partial charge is 0.444 e. The van der Waals surface area contributed by atoms with Crippen molar-refractivity contribution in [2.24, 2.45) is 0 Å². The topological polar surface area (TPSA) is 76.2 Å². The van der Waals surface area contributed by atoms with E-state index in [1.807, 2.05) is 5.32 Å². The van der Waals surface area contributed by atoms with Crippen LogP contribution in [0.25, 0.3) is 11.0 Å². The molecule has 1 amide bonds. The number of alkyl halides is 4. The van der Waals surface area contributed by atoms with Gasteiger partial charge in [-0.25, -0.2) is 9.78 Å². The van der Waals surface area contributed by atoms with Crippen LogP contribution in [0.15, 0.2) is 36.7 Å². The highest BCUT2D eigenvalue weighted by molar-refractivity contribution is 9.09. The van der Waals surface area contributed by atoms with Crippen molar-refractivity contribution in [2.75, 3.05) is 5.32 Å². The van der Waals surface area contributed by atoms with Crippen molar-refractivity contribution in [3.8, 4) is 5.75 Å². The van der Waals surface area contributed by atoms with E-state index in [4.69, 9.17) is 32.7 Å². The van der Waals surface area contributed by atoms with Gasteiger partial charge in [0.15, 0.2) is 0 Å². The Morgan fingerprint density at radius 1 is 1.29 bits per heavy atom. The molecule has 2 aromatic carbocycles. The first-order valence-corrected chi connectivity index (χ1v) is 9.09. The van der Waals surface area contributed by atoms with Crippen molar-refractivity contribution in [1.82, 2.24) is 9.97 Å². The van der Waals surface area contributed by atoms with E-state index in [1.165, 1.54) is 18.5 Å². The van der Waals surface area contributed by atoms with Crippen LogP contribution in [0.3, 0.4) is 0 Å². The molecule has 3 aromatic rings. The predicted molar refractivity (Wildman–Crippen MR) is 101 cm³/mol. The third-order valence-corrected chi connectivity index (χ3v) is 4.61. The maximum absolute atomic E-state index is 13.3. The first kappa shape index (κ1) is 20.6. The first-order chi connectivity index (χ1) is 13.1. The molecule has 1 atom stereocenters. The van der Waals surface area contributed by atoms with Crippen molar-refractivity contribution in [3.63, 3.8) is 0 Å². The monoisotopic (exact) mass is 497 g/mol. The number of benzene rings is 2. The molecule has 148 valence electrons. The van der Waals surface area contributed by atoms with E-state index in [1.54, 1.807) is 6.07 Å². The molecule has 0 aliphatic rings. The third kappa shape index (κ3) is 4.62. The first-order valence-electron chi connectivity index (χ1n) is 7.42. The molecule has 0 aliphatic carbocycles. The summed E-state index contributed by atoms with van der Waals surface area (Å²) in [6, 6.07) is 6.46. The molecule has 0 saturated heterocycles. The number of nitrogens with zero attached hydrogens (tertiary/aromatic N) is 1. The SMILES string of the molecule is O=C(Nc1cc2nc[nH]c2cc1C(F)(F)F)OC(Br)Oc1cccc(Cl)c1Cl. The van der Waals surface area contributed by atoms with Crippen molar-refractivity contribution < 1.29 is 27.4 Å². The number of aromatic nitrogens is 2. The minimum Gasteiger partial charge on any atom is -0.444 e. The Balaban J connectivity index is 1.74. The van der Waals surface area contributed by atoms with Crippen LogP contribution in [0.1, 0.15) is 5.56 Å². The molecule has 0 bridgehead atoms. The van der Waals surface area contributed by atoms with Gasteiger partial charge in [-0.3, -0.25) is 5.32 Å². The summed E-state index contributed by atoms with van der Waals surface area (Å²) in [5.74, 6) is 0.109. The van der Waals surface area contributed by atoms with Gasteiger partial charge in [-0.05, 0) is 24.3 Å². The van der Waals surface area contributed by atoms with E-state index >= 15 is 0 Å². The van der Waals surface area contributed by atoms with Gasteiger partial charge in [0.05, 0.1) is 33.6 Å². The van der Waals surface area contributed by atoms with Crippen molar-refractivity contribution in [1.29, 1.82) is 0 Å². The second-order valence-electron chi connectivity index (χ2n) is 5.29. The summed E-state index contributed by atoms with van der Waals surface area (Å²) in [6.07, 6.45) is -4.66. The van der Waals surface area contributed by atoms with Gasteiger partial charge in [0.1, 0.15) is 10.8 Å². The van der Waals surface area contributed by atoms with Crippen LogP contribution in [0.5, 0.6) is 5.75 Å². The number of nitrogens with one attached hydrogen (secondary N) is 2. The Labute approximate surface area is 174 Å². The molecular weight excluding hydrogens is 490 g/mol. The quantitative estimate of drug-likeness (QED) is 0.332. The highest BCUT2D eigenvalue weighted by Crippen LogP contribution is 2.37. The lowest BCUT2D eigenvalue weighted by Gasteiger charge is -2.17. The van der Waals surface area contributed by atoms with Gasteiger partial charge in [0.2, 0.25) is 0 Å². The number of halogens is 6. The van der Waals surface area contributed by atoms with Crippen LogP contribution in [0.4, 0.5) is 23.7 Å². The number of carbonyl (C=O) groups is 1. The molecule has 12 heteroatoms. The van der Waals surface area contributed by atoms with Crippen LogP contribution in [-0.2, 0) is 10.9 Å². The number of anilines is 1. The molecule has 6 nitrogen and oxygen atoms in total. The van der Waals surface area contributed by atoms with E-state index in [9.17, 15) is 18.0 Å². The Hall–Kier alpha value is -2.17. The van der Waals surface area contributed by atoms with Crippen molar-refractivity contribution >= 4 is 61.9 Å². The van der Waals surface area contributed by atoms with Crippen molar-refractivity contribution in [2.45, 2.75) is 11.4 Å². The fourth-order valence-electron chi connectivity index (χ4n) is 2.24. The van der Waals surface area contributed by atoms with Gasteiger partial charge >= 0.3 is 17.5 Å². The molecule has 3 rings (SSSR count). The molecule has 1 heterocycles. The number of hydrogen-bond donors (Lipinski definition) is 2. The normalized spacial score (nSPS) is 12.6. The van der Waals surface area contributed by atoms with Gasteiger partial charge in [0.25, 0.3) is 0 Å². The van der Waals surface area contributed by atoms with E-state index < -0.39 is 28.7 Å². The zero-order valence-electron chi connectivity index (χ0n) is 13.5. The summed E-state index contributed by atoms with van der Waals surface area (Å²) < 4.78 is 50.0. The highest BCUT2D eigenvalue weighted by Gasteiger charge is 2.35. The van der Waals surface area contributed by atoms with Crippen molar-refractivity contribution in [3.05, 3.63) is 52.3 Å². The zero-order chi connectivity index (χ0) is 20.5. The number of imidazole rings is 1. The van der Waals surface area contributed by atoms with Gasteiger partial charge in [0, 0.05) is 15.9 Å². The molecule has 0 saturated carbocycles. The van der Waals surface area contributed by atoms with Gasteiger partial charge < -0.3 is 14.5 Å². The smallest absolute Gasteiger partial charge is 0.418 e. The Bertz CT molecular complexity index is 1030. The fraction of sp³-hybridized carbons (Fsp3) is 0.125. The standard InChI is InChI=1S/C16H9BrCl2F3N3O3/c17-14(27-12-3-1-2-8(18)13(12)19)28-15(26)25-9-5-11-10(23-6-24-11)4-7(9)16(20,21)22/h1-6,14H,(H,23,24)(H,25,26). The molecule has 1 aromatic heterocycles. The summed E-state index contributed by atoms with van der Waals surface area (Å²) in [5.41, 5.74) is -1.17.